The summed E-state index contributed by atoms with van der Waals surface area (Å²) >= 11 is 0. The molecule has 23 heavy (non-hydrogen) atoms. The second kappa shape index (κ2) is 4.64. The Labute approximate surface area is 138 Å². The Hall–Kier alpha value is -1.74. The Bertz CT molecular complexity index is 790. The van der Waals surface area contributed by atoms with E-state index in [9.17, 15) is 0 Å². The molecule has 2 aromatic rings. The maximum atomic E-state index is 5.90. The van der Waals surface area contributed by atoms with Gasteiger partial charge in [0.25, 0.3) is 0 Å². The second-order valence-corrected chi connectivity index (χ2v) is 12.6. The molecule has 0 spiro atoms. The van der Waals surface area contributed by atoms with E-state index in [2.05, 4.69) is 51.2 Å². The van der Waals surface area contributed by atoms with Crippen molar-refractivity contribution >= 4 is 20.2 Å². The Morgan fingerprint density at radius 2 is 1.13 bits per heavy atom. The molecule has 0 saturated heterocycles. The molecule has 2 atom stereocenters. The first kappa shape index (κ1) is 14.8. The highest BCUT2D eigenvalue weighted by Crippen LogP contribution is 2.53. The van der Waals surface area contributed by atoms with Crippen molar-refractivity contribution in [3.8, 4) is 0 Å². The fourth-order valence-electron chi connectivity index (χ4n) is 4.99. The van der Waals surface area contributed by atoms with Crippen molar-refractivity contribution in [1.29, 1.82) is 0 Å². The summed E-state index contributed by atoms with van der Waals surface area (Å²) in [6, 6.07) is 4.49. The first-order valence-corrected chi connectivity index (χ1v) is 11.5. The molecule has 2 nitrogen and oxygen atoms in total. The molecule has 0 radical (unpaired) electrons. The Kier molecular flexibility index (Phi) is 2.99. The number of furan rings is 2. The number of aryl methyl sites for hydroxylation is 2. The minimum Gasteiger partial charge on any atom is -0.462 e. The zero-order chi connectivity index (χ0) is 16.5. The average molecular weight is 324 g/mol. The van der Waals surface area contributed by atoms with Crippen LogP contribution in [0.4, 0.5) is 0 Å². The van der Waals surface area contributed by atoms with Gasteiger partial charge in [-0.3, -0.25) is 0 Å². The quantitative estimate of drug-likeness (QED) is 0.635. The van der Waals surface area contributed by atoms with Gasteiger partial charge in [-0.15, -0.1) is 0 Å². The Morgan fingerprint density at radius 1 is 0.739 bits per heavy atom. The van der Waals surface area contributed by atoms with E-state index in [1.807, 2.05) is 13.8 Å². The standard InChI is InChI=1S/C20H24O2Si/c1-11-7-17-15(9-13(3)21-17)19(11)23(5,6)20-12(2)8-18-16(20)10-14(4)22-18/h7-10,19-20H,1-6H3. The van der Waals surface area contributed by atoms with Crippen molar-refractivity contribution in [3.05, 3.63) is 57.4 Å². The van der Waals surface area contributed by atoms with Crippen LogP contribution < -0.4 is 0 Å². The summed E-state index contributed by atoms with van der Waals surface area (Å²) < 4.78 is 11.8. The molecule has 2 aliphatic carbocycles. The molecule has 0 aliphatic heterocycles. The molecule has 2 aliphatic rings. The number of rotatable bonds is 2. The van der Waals surface area contributed by atoms with Crippen LogP contribution in [-0.2, 0) is 0 Å². The third-order valence-corrected chi connectivity index (χ3v) is 10.1. The van der Waals surface area contributed by atoms with Gasteiger partial charge < -0.3 is 8.83 Å². The highest BCUT2D eigenvalue weighted by molar-refractivity contribution is 6.81. The van der Waals surface area contributed by atoms with E-state index < -0.39 is 8.07 Å². The van der Waals surface area contributed by atoms with E-state index >= 15 is 0 Å². The molecule has 0 amide bonds. The van der Waals surface area contributed by atoms with E-state index in [1.54, 1.807) is 0 Å². The van der Waals surface area contributed by atoms with Crippen LogP contribution in [0.2, 0.25) is 13.1 Å². The van der Waals surface area contributed by atoms with E-state index in [1.165, 1.54) is 22.3 Å². The van der Waals surface area contributed by atoms with E-state index in [0.717, 1.165) is 23.0 Å². The number of hydrogen-bond donors (Lipinski definition) is 0. The number of allylic oxidation sites excluding steroid dienone is 2. The molecule has 120 valence electrons. The highest BCUT2D eigenvalue weighted by Gasteiger charge is 2.48. The summed E-state index contributed by atoms with van der Waals surface area (Å²) in [4.78, 5) is 0. The zero-order valence-corrected chi connectivity index (χ0v) is 15.8. The van der Waals surface area contributed by atoms with E-state index in [0.29, 0.717) is 11.1 Å². The molecule has 0 fully saturated rings. The van der Waals surface area contributed by atoms with Crippen molar-refractivity contribution in [1.82, 2.24) is 0 Å². The monoisotopic (exact) mass is 324 g/mol. The topological polar surface area (TPSA) is 26.3 Å². The molecule has 2 heterocycles. The first-order valence-electron chi connectivity index (χ1n) is 8.36. The summed E-state index contributed by atoms with van der Waals surface area (Å²) in [7, 11) is -1.70. The van der Waals surface area contributed by atoms with Gasteiger partial charge in [0, 0.05) is 22.2 Å². The third kappa shape index (κ3) is 1.99. The third-order valence-electron chi connectivity index (χ3n) is 5.57. The zero-order valence-electron chi connectivity index (χ0n) is 14.8. The molecular weight excluding hydrogens is 300 g/mol. The van der Waals surface area contributed by atoms with Crippen molar-refractivity contribution in [2.75, 3.05) is 0 Å². The normalized spacial score (nSPS) is 22.9. The minimum atomic E-state index is -1.70. The van der Waals surface area contributed by atoms with Crippen LogP contribution >= 0.6 is 0 Å². The summed E-state index contributed by atoms with van der Waals surface area (Å²) in [6.07, 6.45) is 4.49. The lowest BCUT2D eigenvalue weighted by Crippen LogP contribution is -2.42. The summed E-state index contributed by atoms with van der Waals surface area (Å²) in [5.41, 5.74) is 6.75. The van der Waals surface area contributed by atoms with Gasteiger partial charge in [-0.2, -0.15) is 0 Å². The molecular formula is C20H24O2Si. The molecule has 4 rings (SSSR count). The van der Waals surface area contributed by atoms with Crippen molar-refractivity contribution in [2.24, 2.45) is 0 Å². The predicted octanol–water partition coefficient (Wildman–Crippen LogP) is 5.98. The van der Waals surface area contributed by atoms with Crippen LogP contribution in [0.25, 0.3) is 12.2 Å². The summed E-state index contributed by atoms with van der Waals surface area (Å²) in [5.74, 6) is 4.20. The molecule has 2 aromatic heterocycles. The van der Waals surface area contributed by atoms with Crippen LogP contribution in [0, 0.1) is 13.8 Å². The Morgan fingerprint density at radius 3 is 1.52 bits per heavy atom. The largest absolute Gasteiger partial charge is 0.462 e. The summed E-state index contributed by atoms with van der Waals surface area (Å²) in [5, 5.41) is 0. The first-order chi connectivity index (χ1) is 10.8. The van der Waals surface area contributed by atoms with Gasteiger partial charge in [0.05, 0.1) is 8.07 Å². The fraction of sp³-hybridized carbons (Fsp3) is 0.400. The molecule has 0 N–H and O–H groups in total. The maximum absolute atomic E-state index is 5.90. The predicted molar refractivity (Wildman–Crippen MR) is 97.2 cm³/mol. The fourth-order valence-corrected chi connectivity index (χ4v) is 9.89. The molecule has 0 bridgehead atoms. The average Bonchev–Trinajstić information content (AvgIpc) is 3.06. The lowest BCUT2D eigenvalue weighted by Gasteiger charge is -2.37. The maximum Gasteiger partial charge on any atom is 0.130 e. The minimum absolute atomic E-state index is 0.518. The Balaban J connectivity index is 1.82. The summed E-state index contributed by atoms with van der Waals surface area (Å²) in [6.45, 7) is 13.7. The van der Waals surface area contributed by atoms with Crippen molar-refractivity contribution in [2.45, 2.75) is 51.9 Å². The lowest BCUT2D eigenvalue weighted by atomic mass is 10.1. The molecule has 0 saturated carbocycles. The van der Waals surface area contributed by atoms with Crippen LogP contribution in [0.5, 0.6) is 0 Å². The molecule has 0 aromatic carbocycles. The van der Waals surface area contributed by atoms with E-state index in [-0.39, 0.29) is 0 Å². The van der Waals surface area contributed by atoms with Crippen LogP contribution in [0.3, 0.4) is 0 Å². The number of fused-ring (bicyclic) bond motifs is 2. The van der Waals surface area contributed by atoms with E-state index in [4.69, 9.17) is 8.83 Å². The van der Waals surface area contributed by atoms with Gasteiger partial charge in [0.15, 0.2) is 0 Å². The second-order valence-electron chi connectivity index (χ2n) is 7.82. The lowest BCUT2D eigenvalue weighted by molar-refractivity contribution is 0.524. The van der Waals surface area contributed by atoms with Gasteiger partial charge >= 0.3 is 0 Å². The van der Waals surface area contributed by atoms with Crippen LogP contribution in [-0.4, -0.2) is 8.07 Å². The van der Waals surface area contributed by atoms with Crippen LogP contribution in [0.1, 0.15) is 59.1 Å². The van der Waals surface area contributed by atoms with Crippen molar-refractivity contribution in [3.63, 3.8) is 0 Å². The van der Waals surface area contributed by atoms with Gasteiger partial charge in [0.1, 0.15) is 23.0 Å². The number of hydrogen-bond acceptors (Lipinski definition) is 2. The van der Waals surface area contributed by atoms with Gasteiger partial charge in [-0.25, -0.2) is 0 Å². The smallest absolute Gasteiger partial charge is 0.130 e. The molecule has 2 unspecified atom stereocenters. The SMILES string of the molecule is CC1=Cc2oc(C)cc2C1[Si](C)(C)C1C(C)=Cc2oc(C)cc21. The van der Waals surface area contributed by atoms with Crippen molar-refractivity contribution < 1.29 is 8.83 Å². The van der Waals surface area contributed by atoms with Gasteiger partial charge in [-0.05, 0) is 52.0 Å². The van der Waals surface area contributed by atoms with Gasteiger partial charge in [0.2, 0.25) is 0 Å². The van der Waals surface area contributed by atoms with Crippen LogP contribution in [0.15, 0.2) is 32.1 Å². The molecule has 3 heteroatoms. The highest BCUT2D eigenvalue weighted by atomic mass is 28.3. The van der Waals surface area contributed by atoms with Gasteiger partial charge in [-0.1, -0.05) is 24.2 Å².